The van der Waals surface area contributed by atoms with Gasteiger partial charge in [-0.1, -0.05) is 30.3 Å². The van der Waals surface area contributed by atoms with Gasteiger partial charge in [-0.25, -0.2) is 10.2 Å². The minimum absolute atomic E-state index is 0.0949. The molecule has 2 atom stereocenters. The first-order valence-corrected chi connectivity index (χ1v) is 7.63. The van der Waals surface area contributed by atoms with E-state index in [9.17, 15) is 4.79 Å². The first-order chi connectivity index (χ1) is 8.29. The maximum Gasteiger partial charge on any atom is 0.330 e. The Morgan fingerprint density at radius 3 is 2.71 bits per heavy atom. The zero-order valence-electron chi connectivity index (χ0n) is 9.47. The fourth-order valence-corrected chi connectivity index (χ4v) is 3.58. The van der Waals surface area contributed by atoms with Crippen LogP contribution in [0.2, 0.25) is 0 Å². The average molecular weight is 269 g/mol. The van der Waals surface area contributed by atoms with Crippen molar-refractivity contribution in [3.8, 4) is 0 Å². The lowest BCUT2D eigenvalue weighted by molar-refractivity contribution is 0.226. The van der Waals surface area contributed by atoms with E-state index >= 15 is 0 Å². The standard InChI is InChI=1S/C11H15N3OS2/c1-16-9-10(13-14-11(15)12-9)17-7-8-5-3-2-4-6-8/h2-6,9-10,13H,7H2,1H3,(H2,12,14,15). The van der Waals surface area contributed by atoms with Crippen LogP contribution in [0.3, 0.4) is 0 Å². The van der Waals surface area contributed by atoms with Crippen LogP contribution in [0.1, 0.15) is 5.56 Å². The summed E-state index contributed by atoms with van der Waals surface area (Å²) in [5.74, 6) is 0.924. The van der Waals surface area contributed by atoms with Gasteiger partial charge in [-0.05, 0) is 11.8 Å². The summed E-state index contributed by atoms with van der Waals surface area (Å²) >= 11 is 3.41. The van der Waals surface area contributed by atoms with Crippen molar-refractivity contribution in [2.24, 2.45) is 0 Å². The van der Waals surface area contributed by atoms with Crippen LogP contribution in [0.15, 0.2) is 30.3 Å². The molecule has 92 valence electrons. The molecule has 2 rings (SSSR count). The monoisotopic (exact) mass is 269 g/mol. The van der Waals surface area contributed by atoms with E-state index in [1.165, 1.54) is 5.56 Å². The SMILES string of the molecule is CSC1NC(=O)NNC1SCc1ccccc1. The predicted octanol–water partition coefficient (Wildman–Crippen LogP) is 1.75. The number of rotatable bonds is 4. The zero-order valence-corrected chi connectivity index (χ0v) is 11.1. The number of hydrazine groups is 1. The van der Waals surface area contributed by atoms with E-state index in [-0.39, 0.29) is 16.8 Å². The number of benzene rings is 1. The molecule has 0 spiro atoms. The number of hydrogen-bond acceptors (Lipinski definition) is 4. The number of thioether (sulfide) groups is 2. The highest BCUT2D eigenvalue weighted by Crippen LogP contribution is 2.23. The summed E-state index contributed by atoms with van der Waals surface area (Å²) in [6, 6.07) is 10.1. The highest BCUT2D eigenvalue weighted by molar-refractivity contribution is 8.03. The maximum atomic E-state index is 11.1. The van der Waals surface area contributed by atoms with Crippen LogP contribution < -0.4 is 16.2 Å². The number of nitrogens with one attached hydrogen (secondary N) is 3. The number of carbonyl (C=O) groups excluding carboxylic acids is 1. The summed E-state index contributed by atoms with van der Waals surface area (Å²) in [5.41, 5.74) is 6.91. The minimum atomic E-state index is -0.166. The molecule has 0 aliphatic carbocycles. The van der Waals surface area contributed by atoms with Crippen molar-refractivity contribution in [2.75, 3.05) is 6.26 Å². The molecule has 1 aliphatic heterocycles. The van der Waals surface area contributed by atoms with Crippen LogP contribution in [-0.4, -0.2) is 23.0 Å². The van der Waals surface area contributed by atoms with Gasteiger partial charge in [0.15, 0.2) is 0 Å². The fraction of sp³-hybridized carbons (Fsp3) is 0.364. The molecular weight excluding hydrogens is 254 g/mol. The summed E-state index contributed by atoms with van der Waals surface area (Å²) in [4.78, 5) is 11.1. The second-order valence-corrected chi connectivity index (χ2v) is 5.73. The summed E-state index contributed by atoms with van der Waals surface area (Å²) < 4.78 is 0. The third-order valence-corrected chi connectivity index (χ3v) is 4.72. The first-order valence-electron chi connectivity index (χ1n) is 5.30. The topological polar surface area (TPSA) is 53.2 Å². The van der Waals surface area contributed by atoms with E-state index in [1.54, 1.807) is 23.5 Å². The van der Waals surface area contributed by atoms with Gasteiger partial charge < -0.3 is 5.32 Å². The molecule has 0 aromatic heterocycles. The van der Waals surface area contributed by atoms with Gasteiger partial charge in [-0.2, -0.15) is 0 Å². The molecule has 0 saturated carbocycles. The van der Waals surface area contributed by atoms with E-state index in [1.807, 2.05) is 24.5 Å². The van der Waals surface area contributed by atoms with Crippen molar-refractivity contribution >= 4 is 29.6 Å². The predicted molar refractivity (Wildman–Crippen MR) is 73.6 cm³/mol. The van der Waals surface area contributed by atoms with E-state index in [2.05, 4.69) is 28.3 Å². The number of urea groups is 1. The van der Waals surface area contributed by atoms with Crippen molar-refractivity contribution in [3.63, 3.8) is 0 Å². The fourth-order valence-electron chi connectivity index (χ4n) is 1.53. The molecule has 1 fully saturated rings. The highest BCUT2D eigenvalue weighted by Gasteiger charge is 2.27. The van der Waals surface area contributed by atoms with Gasteiger partial charge in [0, 0.05) is 5.75 Å². The molecule has 0 radical (unpaired) electrons. The third-order valence-electron chi connectivity index (χ3n) is 2.40. The third kappa shape index (κ3) is 3.55. The summed E-state index contributed by atoms with van der Waals surface area (Å²) in [6.45, 7) is 0. The van der Waals surface area contributed by atoms with Crippen molar-refractivity contribution < 1.29 is 4.79 Å². The molecule has 2 amide bonds. The first kappa shape index (κ1) is 12.6. The molecule has 1 aromatic rings. The van der Waals surface area contributed by atoms with Gasteiger partial charge in [0.2, 0.25) is 0 Å². The molecule has 1 aliphatic rings. The van der Waals surface area contributed by atoms with E-state index in [0.29, 0.717) is 0 Å². The smallest absolute Gasteiger partial charge is 0.323 e. The summed E-state index contributed by atoms with van der Waals surface area (Å²) in [6.07, 6.45) is 1.99. The second kappa shape index (κ2) is 6.18. The number of amides is 2. The molecule has 1 saturated heterocycles. The molecular formula is C11H15N3OS2. The Morgan fingerprint density at radius 2 is 2.00 bits per heavy atom. The quantitative estimate of drug-likeness (QED) is 0.779. The van der Waals surface area contributed by atoms with Crippen LogP contribution in [0, 0.1) is 0 Å². The number of carbonyl (C=O) groups is 1. The Hall–Kier alpha value is -0.850. The number of hydrogen-bond donors (Lipinski definition) is 3. The van der Waals surface area contributed by atoms with Gasteiger partial charge in [0.1, 0.15) is 10.7 Å². The van der Waals surface area contributed by atoms with Gasteiger partial charge in [0.05, 0.1) is 0 Å². The highest BCUT2D eigenvalue weighted by atomic mass is 32.2. The Morgan fingerprint density at radius 1 is 1.24 bits per heavy atom. The molecule has 17 heavy (non-hydrogen) atoms. The molecule has 6 heteroatoms. The molecule has 3 N–H and O–H groups in total. The molecule has 4 nitrogen and oxygen atoms in total. The lowest BCUT2D eigenvalue weighted by Crippen LogP contribution is -2.62. The van der Waals surface area contributed by atoms with Crippen molar-refractivity contribution in [1.82, 2.24) is 16.2 Å². The molecule has 1 heterocycles. The van der Waals surface area contributed by atoms with Crippen LogP contribution in [0.5, 0.6) is 0 Å². The molecule has 1 aromatic carbocycles. The summed E-state index contributed by atoms with van der Waals surface area (Å²) in [7, 11) is 0. The van der Waals surface area contributed by atoms with E-state index in [4.69, 9.17) is 0 Å². The van der Waals surface area contributed by atoms with Gasteiger partial charge in [0.25, 0.3) is 0 Å². The maximum absolute atomic E-state index is 11.1. The lowest BCUT2D eigenvalue weighted by atomic mass is 10.2. The van der Waals surface area contributed by atoms with Crippen LogP contribution in [-0.2, 0) is 5.75 Å². The zero-order chi connectivity index (χ0) is 12.1. The van der Waals surface area contributed by atoms with Gasteiger partial charge in [-0.3, -0.25) is 5.43 Å². The van der Waals surface area contributed by atoms with Gasteiger partial charge >= 0.3 is 6.03 Å². The van der Waals surface area contributed by atoms with Crippen molar-refractivity contribution in [3.05, 3.63) is 35.9 Å². The minimum Gasteiger partial charge on any atom is -0.323 e. The normalized spacial score (nSPS) is 23.9. The second-order valence-electron chi connectivity index (χ2n) is 3.62. The Balaban J connectivity index is 1.88. The largest absolute Gasteiger partial charge is 0.330 e. The molecule has 0 bridgehead atoms. The lowest BCUT2D eigenvalue weighted by Gasteiger charge is -2.32. The van der Waals surface area contributed by atoms with Crippen LogP contribution in [0.4, 0.5) is 4.79 Å². The Bertz CT molecular complexity index is 374. The van der Waals surface area contributed by atoms with Crippen molar-refractivity contribution in [1.29, 1.82) is 0 Å². The van der Waals surface area contributed by atoms with E-state index in [0.717, 1.165) is 5.75 Å². The average Bonchev–Trinajstić information content (AvgIpc) is 2.38. The van der Waals surface area contributed by atoms with Gasteiger partial charge in [-0.15, -0.1) is 23.5 Å². The van der Waals surface area contributed by atoms with Crippen molar-refractivity contribution in [2.45, 2.75) is 16.5 Å². The van der Waals surface area contributed by atoms with Crippen LogP contribution >= 0.6 is 23.5 Å². The summed E-state index contributed by atoms with van der Waals surface area (Å²) in [5, 5.41) is 3.15. The Kier molecular flexibility index (Phi) is 4.58. The Labute approximate surface area is 109 Å². The molecule has 2 unspecified atom stereocenters. The van der Waals surface area contributed by atoms with Crippen LogP contribution in [0.25, 0.3) is 0 Å². The van der Waals surface area contributed by atoms with E-state index < -0.39 is 0 Å².